The van der Waals surface area contributed by atoms with Gasteiger partial charge in [-0.05, 0) is 32.0 Å². The number of aromatic nitrogens is 2. The summed E-state index contributed by atoms with van der Waals surface area (Å²) >= 11 is 1.16. The molecule has 0 unspecified atom stereocenters. The number of rotatable bonds is 7. The van der Waals surface area contributed by atoms with Crippen LogP contribution < -0.4 is 10.1 Å². The molecule has 0 saturated carbocycles. The Morgan fingerprint density at radius 2 is 1.88 bits per heavy atom. The second-order valence-corrected chi connectivity index (χ2v) is 8.19. The number of Topliss-reactive ketones (excluding diaryl/α,β-unsaturated/α-hetero) is 1. The first-order chi connectivity index (χ1) is 15.4. The number of amides is 1. The third-order valence-electron chi connectivity index (χ3n) is 4.88. The van der Waals surface area contributed by atoms with E-state index in [0.29, 0.717) is 39.4 Å². The van der Waals surface area contributed by atoms with E-state index >= 15 is 0 Å². The molecule has 0 aliphatic heterocycles. The van der Waals surface area contributed by atoms with Crippen molar-refractivity contribution in [3.05, 3.63) is 82.1 Å². The van der Waals surface area contributed by atoms with Crippen molar-refractivity contribution >= 4 is 28.2 Å². The molecule has 8 heteroatoms. The van der Waals surface area contributed by atoms with Crippen LogP contribution in [0.3, 0.4) is 0 Å². The van der Waals surface area contributed by atoms with Crippen LogP contribution >= 0.6 is 11.3 Å². The lowest BCUT2D eigenvalue weighted by Crippen LogP contribution is -2.11. The quantitative estimate of drug-likeness (QED) is 0.379. The largest absolute Gasteiger partial charge is 0.489 e. The molecule has 4 aromatic rings. The number of hydrogen-bond donors (Lipinski definition) is 1. The summed E-state index contributed by atoms with van der Waals surface area (Å²) in [6, 6.07) is 16.3. The first-order valence-electron chi connectivity index (χ1n) is 9.95. The van der Waals surface area contributed by atoms with Gasteiger partial charge in [0.25, 0.3) is 5.91 Å². The summed E-state index contributed by atoms with van der Waals surface area (Å²) < 4.78 is 11.0. The number of carbonyl (C=O) groups excluding carboxylic acids is 2. The Labute approximate surface area is 189 Å². The van der Waals surface area contributed by atoms with E-state index in [2.05, 4.69) is 15.5 Å². The van der Waals surface area contributed by atoms with E-state index in [0.717, 1.165) is 28.2 Å². The number of ketones is 1. The van der Waals surface area contributed by atoms with E-state index in [1.54, 1.807) is 24.3 Å². The Morgan fingerprint density at radius 1 is 1.09 bits per heavy atom. The van der Waals surface area contributed by atoms with Crippen LogP contribution in [0.2, 0.25) is 0 Å². The van der Waals surface area contributed by atoms with Gasteiger partial charge in [0, 0.05) is 18.1 Å². The van der Waals surface area contributed by atoms with Crippen LogP contribution in [0, 0.1) is 13.8 Å². The fourth-order valence-corrected chi connectivity index (χ4v) is 4.04. The van der Waals surface area contributed by atoms with Gasteiger partial charge in [0.15, 0.2) is 10.9 Å². The molecular formula is C24H21N3O4S. The lowest BCUT2D eigenvalue weighted by atomic mass is 10.1. The highest BCUT2D eigenvalue weighted by Crippen LogP contribution is 2.32. The van der Waals surface area contributed by atoms with Crippen LogP contribution in [-0.4, -0.2) is 21.8 Å². The first-order valence-corrected chi connectivity index (χ1v) is 10.8. The standard InChI is InChI=1S/C24H21N3O4S/c1-14-20(16(3)31-27-14)13-30-19-11-7-10-18(12-19)23(29)26-24-25-21(22(32-24)15(2)28)17-8-5-4-6-9-17/h4-12H,13H2,1-3H3,(H,25,26,29). The minimum atomic E-state index is -0.337. The van der Waals surface area contributed by atoms with Crippen LogP contribution in [0.1, 0.15) is 44.0 Å². The molecular weight excluding hydrogens is 426 g/mol. The molecule has 0 atom stereocenters. The predicted molar refractivity (Wildman–Crippen MR) is 122 cm³/mol. The highest BCUT2D eigenvalue weighted by molar-refractivity contribution is 7.18. The highest BCUT2D eigenvalue weighted by Gasteiger charge is 2.18. The number of hydrogen-bond acceptors (Lipinski definition) is 7. The molecule has 0 saturated heterocycles. The van der Waals surface area contributed by atoms with Gasteiger partial charge in [-0.3, -0.25) is 14.9 Å². The Balaban J connectivity index is 1.51. The summed E-state index contributed by atoms with van der Waals surface area (Å²) in [5.74, 6) is 0.815. The number of aryl methyl sites for hydroxylation is 2. The van der Waals surface area contributed by atoms with Crippen LogP contribution in [0.5, 0.6) is 5.75 Å². The van der Waals surface area contributed by atoms with Crippen molar-refractivity contribution in [2.45, 2.75) is 27.4 Å². The number of carbonyl (C=O) groups is 2. The van der Waals surface area contributed by atoms with Gasteiger partial charge in [-0.25, -0.2) is 4.98 Å². The minimum absolute atomic E-state index is 0.100. The van der Waals surface area contributed by atoms with Crippen LogP contribution in [-0.2, 0) is 6.61 Å². The number of anilines is 1. The Bertz CT molecular complexity index is 1260. The van der Waals surface area contributed by atoms with Gasteiger partial charge in [-0.15, -0.1) is 0 Å². The monoisotopic (exact) mass is 447 g/mol. The molecule has 2 aromatic heterocycles. The van der Waals surface area contributed by atoms with Crippen molar-refractivity contribution in [3.63, 3.8) is 0 Å². The van der Waals surface area contributed by atoms with Crippen molar-refractivity contribution in [1.82, 2.24) is 10.1 Å². The zero-order chi connectivity index (χ0) is 22.7. The van der Waals surface area contributed by atoms with Gasteiger partial charge in [0.1, 0.15) is 18.1 Å². The van der Waals surface area contributed by atoms with Crippen molar-refractivity contribution in [2.24, 2.45) is 0 Å². The second-order valence-electron chi connectivity index (χ2n) is 7.19. The maximum absolute atomic E-state index is 12.8. The second kappa shape index (κ2) is 9.15. The molecule has 1 N–H and O–H groups in total. The third kappa shape index (κ3) is 4.60. The minimum Gasteiger partial charge on any atom is -0.489 e. The molecule has 0 radical (unpaired) electrons. The molecule has 162 valence electrons. The van der Waals surface area contributed by atoms with Gasteiger partial charge in [0.2, 0.25) is 0 Å². The smallest absolute Gasteiger partial charge is 0.257 e. The number of benzene rings is 2. The molecule has 2 aromatic carbocycles. The van der Waals surface area contributed by atoms with E-state index in [1.165, 1.54) is 6.92 Å². The summed E-state index contributed by atoms with van der Waals surface area (Å²) in [6.07, 6.45) is 0. The number of nitrogens with one attached hydrogen (secondary N) is 1. The molecule has 0 aliphatic carbocycles. The lowest BCUT2D eigenvalue weighted by molar-refractivity contribution is 0.101. The summed E-state index contributed by atoms with van der Waals surface area (Å²) in [5.41, 5.74) is 3.46. The van der Waals surface area contributed by atoms with Gasteiger partial charge in [-0.1, -0.05) is 52.9 Å². The number of thiazole rings is 1. The van der Waals surface area contributed by atoms with Crippen molar-refractivity contribution in [2.75, 3.05) is 5.32 Å². The zero-order valence-corrected chi connectivity index (χ0v) is 18.7. The van der Waals surface area contributed by atoms with Crippen LogP contribution in [0.15, 0.2) is 59.1 Å². The fourth-order valence-electron chi connectivity index (χ4n) is 3.16. The maximum atomic E-state index is 12.8. The Morgan fingerprint density at radius 3 is 2.56 bits per heavy atom. The summed E-state index contributed by atoms with van der Waals surface area (Å²) in [4.78, 5) is 29.9. The zero-order valence-electron chi connectivity index (χ0n) is 17.8. The van der Waals surface area contributed by atoms with E-state index in [4.69, 9.17) is 9.26 Å². The van der Waals surface area contributed by atoms with Crippen molar-refractivity contribution < 1.29 is 18.8 Å². The maximum Gasteiger partial charge on any atom is 0.257 e. The number of ether oxygens (including phenoxy) is 1. The van der Waals surface area contributed by atoms with Crippen molar-refractivity contribution in [1.29, 1.82) is 0 Å². The Kier molecular flexibility index (Phi) is 6.13. The molecule has 4 rings (SSSR count). The normalized spacial score (nSPS) is 10.7. The average molecular weight is 448 g/mol. The molecule has 32 heavy (non-hydrogen) atoms. The van der Waals surface area contributed by atoms with Gasteiger partial charge in [-0.2, -0.15) is 0 Å². The molecule has 2 heterocycles. The van der Waals surface area contributed by atoms with Crippen LogP contribution in [0.25, 0.3) is 11.3 Å². The molecule has 7 nitrogen and oxygen atoms in total. The van der Waals surface area contributed by atoms with Crippen molar-refractivity contribution in [3.8, 4) is 17.0 Å². The molecule has 1 amide bonds. The van der Waals surface area contributed by atoms with E-state index in [-0.39, 0.29) is 11.7 Å². The van der Waals surface area contributed by atoms with E-state index in [1.807, 2.05) is 44.2 Å². The molecule has 0 spiro atoms. The average Bonchev–Trinajstić information content (AvgIpc) is 3.36. The SMILES string of the molecule is CC(=O)c1sc(NC(=O)c2cccc(OCc3c(C)noc3C)c2)nc1-c1ccccc1. The van der Waals surface area contributed by atoms with E-state index < -0.39 is 0 Å². The third-order valence-corrected chi connectivity index (χ3v) is 5.95. The predicted octanol–water partition coefficient (Wildman–Crippen LogP) is 5.45. The van der Waals surface area contributed by atoms with Crippen LogP contribution in [0.4, 0.5) is 5.13 Å². The van der Waals surface area contributed by atoms with Gasteiger partial charge in [0.05, 0.1) is 21.8 Å². The fraction of sp³-hybridized carbons (Fsp3) is 0.167. The first kappa shape index (κ1) is 21.5. The van der Waals surface area contributed by atoms with E-state index in [9.17, 15) is 9.59 Å². The molecule has 0 bridgehead atoms. The summed E-state index contributed by atoms with van der Waals surface area (Å²) in [6.45, 7) is 5.47. The van der Waals surface area contributed by atoms with Gasteiger partial charge < -0.3 is 9.26 Å². The van der Waals surface area contributed by atoms with Gasteiger partial charge >= 0.3 is 0 Å². The lowest BCUT2D eigenvalue weighted by Gasteiger charge is -2.08. The Hall–Kier alpha value is -3.78. The summed E-state index contributed by atoms with van der Waals surface area (Å²) in [7, 11) is 0. The topological polar surface area (TPSA) is 94.3 Å². The number of nitrogens with zero attached hydrogens (tertiary/aromatic N) is 2. The molecule has 0 aliphatic rings. The highest BCUT2D eigenvalue weighted by atomic mass is 32.1. The summed E-state index contributed by atoms with van der Waals surface area (Å²) in [5, 5.41) is 7.07. The molecule has 0 fully saturated rings.